The lowest BCUT2D eigenvalue weighted by Crippen LogP contribution is -2.45. The topological polar surface area (TPSA) is 99.1 Å². The number of esters is 1. The van der Waals surface area contributed by atoms with Crippen molar-refractivity contribution in [3.63, 3.8) is 0 Å². The van der Waals surface area contributed by atoms with Crippen molar-refractivity contribution >= 4 is 28.7 Å². The van der Waals surface area contributed by atoms with Crippen LogP contribution in [0.1, 0.15) is 63.4 Å². The summed E-state index contributed by atoms with van der Waals surface area (Å²) >= 11 is 0. The maximum Gasteiger partial charge on any atom is 0.408 e. The van der Waals surface area contributed by atoms with Gasteiger partial charge in [-0.15, -0.1) is 0 Å². The molecular weight excluding hydrogens is 450 g/mol. The highest BCUT2D eigenvalue weighted by Gasteiger charge is 2.53. The Morgan fingerprint density at radius 2 is 1.97 bits per heavy atom. The molecule has 0 unspecified atom stereocenters. The van der Waals surface area contributed by atoms with Crippen molar-refractivity contribution in [2.45, 2.75) is 64.1 Å². The van der Waals surface area contributed by atoms with Gasteiger partial charge in [0.05, 0.1) is 24.4 Å². The van der Waals surface area contributed by atoms with Crippen LogP contribution in [0.5, 0.6) is 5.75 Å². The molecule has 188 valence electrons. The molecule has 1 N–H and O–H groups in total. The van der Waals surface area contributed by atoms with Crippen LogP contribution in [0.3, 0.4) is 0 Å². The smallest absolute Gasteiger partial charge is 0.408 e. The number of alkyl carbamates (subject to hydrolysis) is 1. The van der Waals surface area contributed by atoms with Crippen molar-refractivity contribution < 1.29 is 23.8 Å². The number of nitrogens with one attached hydrogen (secondary N) is 1. The van der Waals surface area contributed by atoms with Crippen molar-refractivity contribution in [3.8, 4) is 5.75 Å². The van der Waals surface area contributed by atoms with Gasteiger partial charge >= 0.3 is 12.1 Å². The highest BCUT2D eigenvalue weighted by atomic mass is 16.6. The Morgan fingerprint density at radius 1 is 1.23 bits per heavy atom. The van der Waals surface area contributed by atoms with Crippen LogP contribution in [0.2, 0.25) is 0 Å². The fourth-order valence-corrected chi connectivity index (χ4v) is 5.44. The molecule has 0 radical (unpaired) electrons. The van der Waals surface area contributed by atoms with E-state index in [2.05, 4.69) is 10.2 Å². The van der Waals surface area contributed by atoms with Gasteiger partial charge in [0.1, 0.15) is 17.8 Å². The third-order valence-electron chi connectivity index (χ3n) is 7.30. The van der Waals surface area contributed by atoms with Crippen molar-refractivity contribution in [3.05, 3.63) is 34.1 Å². The van der Waals surface area contributed by atoms with E-state index in [0.29, 0.717) is 23.8 Å². The van der Waals surface area contributed by atoms with Crippen molar-refractivity contribution in [2.75, 3.05) is 31.7 Å². The van der Waals surface area contributed by atoms with Gasteiger partial charge in [0.15, 0.2) is 5.75 Å². The number of pyridine rings is 1. The molecule has 1 amide bonds. The van der Waals surface area contributed by atoms with Gasteiger partial charge in [-0.1, -0.05) is 6.07 Å². The van der Waals surface area contributed by atoms with Crippen LogP contribution in [0.4, 0.5) is 10.5 Å². The predicted molar refractivity (Wildman–Crippen MR) is 131 cm³/mol. The van der Waals surface area contributed by atoms with Crippen LogP contribution in [-0.4, -0.2) is 54.6 Å². The molecular formula is C26H33N3O6. The second kappa shape index (κ2) is 8.17. The standard InChI is InChI=1S/C26H33N3O6/c1-15-14-34-21-19(7-6-16-12-18(23(31)33-5)22(30)29(15)20(16)21)28-11-8-17(13-28)26(9-10-26)27-24(32)35-25(2,3)4/h6-7,12,15,17H,8-11,13-14H2,1-5H3,(H,27,32)/t15-,17+/m0/s1. The lowest BCUT2D eigenvalue weighted by molar-refractivity contribution is 0.0476. The van der Waals surface area contributed by atoms with E-state index in [1.54, 1.807) is 10.6 Å². The second-order valence-corrected chi connectivity index (χ2v) is 11.0. The Kier molecular flexibility index (Phi) is 5.49. The minimum atomic E-state index is -0.639. The summed E-state index contributed by atoms with van der Waals surface area (Å²) in [6, 6.07) is 5.30. The molecule has 5 rings (SSSR count). The molecule has 9 nitrogen and oxygen atoms in total. The van der Waals surface area contributed by atoms with Gasteiger partial charge in [0.25, 0.3) is 5.56 Å². The molecule has 1 aromatic heterocycles. The fraction of sp³-hybridized carbons (Fsp3) is 0.577. The molecule has 2 atom stereocenters. The molecule has 1 saturated carbocycles. The summed E-state index contributed by atoms with van der Waals surface area (Å²) in [6.45, 7) is 9.44. The maximum absolute atomic E-state index is 13.2. The number of carbonyl (C=O) groups excluding carboxylic acids is 2. The average Bonchev–Trinajstić information content (AvgIpc) is 3.38. The Balaban J connectivity index is 1.45. The highest BCUT2D eigenvalue weighted by Crippen LogP contribution is 2.49. The molecule has 1 aromatic carbocycles. The van der Waals surface area contributed by atoms with Gasteiger partial charge in [0.2, 0.25) is 0 Å². The number of nitrogens with zero attached hydrogens (tertiary/aromatic N) is 2. The zero-order valence-corrected chi connectivity index (χ0v) is 21.0. The Bertz CT molecular complexity index is 1260. The Morgan fingerprint density at radius 3 is 2.63 bits per heavy atom. The molecule has 1 aliphatic carbocycles. The summed E-state index contributed by atoms with van der Waals surface area (Å²) in [5, 5.41) is 3.90. The molecule has 0 spiro atoms. The Labute approximate surface area is 204 Å². The molecule has 2 aliphatic heterocycles. The fourth-order valence-electron chi connectivity index (χ4n) is 5.44. The third kappa shape index (κ3) is 4.10. The predicted octanol–water partition coefficient (Wildman–Crippen LogP) is 3.63. The van der Waals surface area contributed by atoms with E-state index in [4.69, 9.17) is 14.2 Å². The van der Waals surface area contributed by atoms with Gasteiger partial charge in [-0.25, -0.2) is 9.59 Å². The summed E-state index contributed by atoms with van der Waals surface area (Å²) in [5.41, 5.74) is 0.536. The second-order valence-electron chi connectivity index (χ2n) is 11.0. The number of hydrogen-bond donors (Lipinski definition) is 1. The summed E-state index contributed by atoms with van der Waals surface area (Å²) in [6.07, 6.45) is 2.47. The van der Waals surface area contributed by atoms with Crippen LogP contribution < -0.4 is 20.5 Å². The minimum Gasteiger partial charge on any atom is -0.487 e. The van der Waals surface area contributed by atoms with E-state index in [9.17, 15) is 14.4 Å². The van der Waals surface area contributed by atoms with Crippen molar-refractivity contribution in [1.82, 2.24) is 9.88 Å². The molecule has 3 heterocycles. The van der Waals surface area contributed by atoms with E-state index < -0.39 is 11.6 Å². The van der Waals surface area contributed by atoms with Crippen molar-refractivity contribution in [2.24, 2.45) is 5.92 Å². The first-order valence-corrected chi connectivity index (χ1v) is 12.2. The molecule has 9 heteroatoms. The first kappa shape index (κ1) is 23.5. The van der Waals surface area contributed by atoms with E-state index in [-0.39, 0.29) is 28.8 Å². The first-order valence-electron chi connectivity index (χ1n) is 12.2. The average molecular weight is 484 g/mol. The van der Waals surface area contributed by atoms with Crippen LogP contribution in [0, 0.1) is 5.92 Å². The van der Waals surface area contributed by atoms with Gasteiger partial charge in [0, 0.05) is 29.9 Å². The number of anilines is 1. The minimum absolute atomic E-state index is 0.0255. The van der Waals surface area contributed by atoms with E-state index >= 15 is 0 Å². The number of ether oxygens (including phenoxy) is 3. The van der Waals surface area contributed by atoms with E-state index in [1.807, 2.05) is 39.8 Å². The summed E-state index contributed by atoms with van der Waals surface area (Å²) < 4.78 is 18.2. The normalized spacial score (nSPS) is 22.5. The molecule has 35 heavy (non-hydrogen) atoms. The molecule has 1 saturated heterocycles. The van der Waals surface area contributed by atoms with Gasteiger partial charge in [-0.05, 0) is 59.1 Å². The number of benzene rings is 1. The summed E-state index contributed by atoms with van der Waals surface area (Å²) in [4.78, 5) is 40.1. The number of aromatic nitrogens is 1. The zero-order chi connectivity index (χ0) is 25.1. The number of carbonyl (C=O) groups is 2. The molecule has 2 fully saturated rings. The van der Waals surface area contributed by atoms with Gasteiger partial charge in [-0.2, -0.15) is 0 Å². The largest absolute Gasteiger partial charge is 0.487 e. The zero-order valence-electron chi connectivity index (χ0n) is 21.0. The Hall–Kier alpha value is -3.23. The molecule has 2 aromatic rings. The number of hydrogen-bond acceptors (Lipinski definition) is 7. The number of amides is 1. The van der Waals surface area contributed by atoms with Crippen LogP contribution in [0.15, 0.2) is 23.0 Å². The lowest BCUT2D eigenvalue weighted by atomic mass is 9.96. The van der Waals surface area contributed by atoms with E-state index in [1.165, 1.54) is 7.11 Å². The summed E-state index contributed by atoms with van der Waals surface area (Å²) in [5.74, 6) is 0.323. The monoisotopic (exact) mass is 483 g/mol. The number of methoxy groups -OCH3 is 1. The molecule has 3 aliphatic rings. The van der Waals surface area contributed by atoms with Crippen LogP contribution in [-0.2, 0) is 9.47 Å². The van der Waals surface area contributed by atoms with Gasteiger partial charge < -0.3 is 24.4 Å². The molecule has 0 bridgehead atoms. The lowest BCUT2D eigenvalue weighted by Gasteiger charge is -2.31. The highest BCUT2D eigenvalue weighted by molar-refractivity contribution is 5.97. The number of rotatable bonds is 4. The van der Waals surface area contributed by atoms with E-state index in [0.717, 1.165) is 43.4 Å². The SMILES string of the molecule is COC(=O)c1cc2ccc(N3CC[C@@H](C4(NC(=O)OC(C)(C)C)CC4)C3)c3c2n(c1=O)[C@@H](C)CO3. The summed E-state index contributed by atoms with van der Waals surface area (Å²) in [7, 11) is 1.28. The van der Waals surface area contributed by atoms with Gasteiger partial charge in [-0.3, -0.25) is 9.36 Å². The quantitative estimate of drug-likeness (QED) is 0.663. The van der Waals surface area contributed by atoms with Crippen molar-refractivity contribution in [1.29, 1.82) is 0 Å². The maximum atomic E-state index is 13.2. The third-order valence-corrected chi connectivity index (χ3v) is 7.30. The van der Waals surface area contributed by atoms with Crippen LogP contribution in [0.25, 0.3) is 10.9 Å². The first-order chi connectivity index (χ1) is 16.5. The van der Waals surface area contributed by atoms with Crippen LogP contribution >= 0.6 is 0 Å².